The van der Waals surface area contributed by atoms with Crippen LogP contribution in [0.4, 0.5) is 0 Å². The molecule has 4 nitrogen and oxygen atoms in total. The molecule has 0 bridgehead atoms. The first-order chi connectivity index (χ1) is 9.74. The van der Waals surface area contributed by atoms with Crippen LogP contribution in [0.5, 0.6) is 0 Å². The van der Waals surface area contributed by atoms with Crippen molar-refractivity contribution in [2.24, 2.45) is 7.05 Å². The minimum absolute atomic E-state index is 0.113. The largest absolute Gasteiger partial charge is 0.311 e. The normalized spacial score (nSPS) is 12.1. The van der Waals surface area contributed by atoms with Gasteiger partial charge in [0.1, 0.15) is 0 Å². The lowest BCUT2D eigenvalue weighted by Gasteiger charge is -2.10. The summed E-state index contributed by atoms with van der Waals surface area (Å²) in [5, 5.41) is 17.1. The molecule has 1 atom stereocenters. The summed E-state index contributed by atoms with van der Waals surface area (Å²) >= 11 is 0. The van der Waals surface area contributed by atoms with E-state index in [1.54, 1.807) is 0 Å². The molecule has 4 heteroatoms. The van der Waals surface area contributed by atoms with Crippen LogP contribution < -0.4 is 5.32 Å². The standard InChI is InChI=1S/C16H20N4/c1-3-16-15(12-20(2)19-16)11-18-10-14(9-17)13-7-5-4-6-8-13/h4-8,12,14,18H,3,10-11H2,1-2H3. The highest BCUT2D eigenvalue weighted by Crippen LogP contribution is 2.14. The van der Waals surface area contributed by atoms with Crippen LogP contribution in [0.25, 0.3) is 0 Å². The van der Waals surface area contributed by atoms with Crippen LogP contribution in [0.15, 0.2) is 36.5 Å². The zero-order chi connectivity index (χ0) is 14.4. The zero-order valence-electron chi connectivity index (χ0n) is 12.0. The third kappa shape index (κ3) is 3.46. The number of rotatable bonds is 6. The van der Waals surface area contributed by atoms with Crippen LogP contribution in [0.1, 0.15) is 29.7 Å². The van der Waals surface area contributed by atoms with Gasteiger partial charge in [-0.2, -0.15) is 10.4 Å². The maximum absolute atomic E-state index is 9.28. The second-order valence-electron chi connectivity index (χ2n) is 4.85. The van der Waals surface area contributed by atoms with Gasteiger partial charge in [-0.25, -0.2) is 0 Å². The van der Waals surface area contributed by atoms with Crippen molar-refractivity contribution >= 4 is 0 Å². The Morgan fingerprint density at radius 3 is 2.75 bits per heavy atom. The maximum Gasteiger partial charge on any atom is 0.0837 e. The van der Waals surface area contributed by atoms with Gasteiger partial charge in [-0.15, -0.1) is 0 Å². The Balaban J connectivity index is 1.93. The first-order valence-corrected chi connectivity index (χ1v) is 6.91. The van der Waals surface area contributed by atoms with Crippen LogP contribution in [0.3, 0.4) is 0 Å². The Hall–Kier alpha value is -2.12. The highest BCUT2D eigenvalue weighted by atomic mass is 15.3. The maximum atomic E-state index is 9.28. The average Bonchev–Trinajstić information content (AvgIpc) is 2.84. The molecule has 0 saturated heterocycles. The van der Waals surface area contributed by atoms with Crippen molar-refractivity contribution in [1.29, 1.82) is 5.26 Å². The van der Waals surface area contributed by atoms with E-state index in [1.807, 2.05) is 48.3 Å². The topological polar surface area (TPSA) is 53.6 Å². The third-order valence-electron chi connectivity index (χ3n) is 3.35. The molecule has 0 radical (unpaired) electrons. The molecule has 2 rings (SSSR count). The summed E-state index contributed by atoms with van der Waals surface area (Å²) in [7, 11) is 1.94. The van der Waals surface area contributed by atoms with Crippen molar-refractivity contribution in [3.05, 3.63) is 53.3 Å². The van der Waals surface area contributed by atoms with Crippen molar-refractivity contribution in [2.75, 3.05) is 6.54 Å². The Morgan fingerprint density at radius 2 is 2.10 bits per heavy atom. The lowest BCUT2D eigenvalue weighted by molar-refractivity contribution is 0.649. The van der Waals surface area contributed by atoms with Crippen molar-refractivity contribution in [1.82, 2.24) is 15.1 Å². The van der Waals surface area contributed by atoms with Gasteiger partial charge < -0.3 is 5.32 Å². The van der Waals surface area contributed by atoms with Crippen molar-refractivity contribution in [2.45, 2.75) is 25.8 Å². The summed E-state index contributed by atoms with van der Waals surface area (Å²) in [6, 6.07) is 12.3. The fourth-order valence-electron chi connectivity index (χ4n) is 2.30. The third-order valence-corrected chi connectivity index (χ3v) is 3.35. The van der Waals surface area contributed by atoms with E-state index in [4.69, 9.17) is 0 Å². The van der Waals surface area contributed by atoms with E-state index in [0.29, 0.717) is 6.54 Å². The molecule has 1 aromatic carbocycles. The molecule has 0 aliphatic carbocycles. The molecule has 0 aliphatic rings. The summed E-state index contributed by atoms with van der Waals surface area (Å²) < 4.78 is 1.84. The van der Waals surface area contributed by atoms with Gasteiger partial charge in [-0.3, -0.25) is 4.68 Å². The smallest absolute Gasteiger partial charge is 0.0837 e. The number of nitriles is 1. The Morgan fingerprint density at radius 1 is 1.35 bits per heavy atom. The second kappa shape index (κ2) is 6.88. The van der Waals surface area contributed by atoms with Crippen molar-refractivity contribution in [3.8, 4) is 6.07 Å². The highest BCUT2D eigenvalue weighted by Gasteiger charge is 2.11. The van der Waals surface area contributed by atoms with E-state index in [-0.39, 0.29) is 5.92 Å². The van der Waals surface area contributed by atoms with E-state index in [1.165, 1.54) is 5.56 Å². The van der Waals surface area contributed by atoms with E-state index in [9.17, 15) is 5.26 Å². The first kappa shape index (κ1) is 14.3. The molecular weight excluding hydrogens is 248 g/mol. The fraction of sp³-hybridized carbons (Fsp3) is 0.375. The number of aryl methyl sites for hydroxylation is 2. The van der Waals surface area contributed by atoms with Crippen LogP contribution in [0.2, 0.25) is 0 Å². The Bertz CT molecular complexity index is 580. The average molecular weight is 268 g/mol. The minimum atomic E-state index is -0.113. The fourth-order valence-corrected chi connectivity index (χ4v) is 2.30. The van der Waals surface area contributed by atoms with Gasteiger partial charge in [0.25, 0.3) is 0 Å². The number of nitrogens with zero attached hydrogens (tertiary/aromatic N) is 3. The summed E-state index contributed by atoms with van der Waals surface area (Å²) in [5.41, 5.74) is 3.39. The molecule has 2 aromatic rings. The number of benzene rings is 1. The predicted octanol–water partition coefficient (Wildman–Crippen LogP) is 2.38. The molecule has 1 heterocycles. The van der Waals surface area contributed by atoms with Crippen LogP contribution in [0, 0.1) is 11.3 Å². The molecule has 20 heavy (non-hydrogen) atoms. The molecule has 1 unspecified atom stereocenters. The van der Waals surface area contributed by atoms with Gasteiger partial charge in [0, 0.05) is 31.9 Å². The zero-order valence-corrected chi connectivity index (χ0v) is 12.0. The lowest BCUT2D eigenvalue weighted by atomic mass is 10.0. The first-order valence-electron chi connectivity index (χ1n) is 6.91. The lowest BCUT2D eigenvalue weighted by Crippen LogP contribution is -2.20. The molecule has 0 amide bonds. The van der Waals surface area contributed by atoms with Gasteiger partial charge in [0.15, 0.2) is 0 Å². The van der Waals surface area contributed by atoms with Crippen molar-refractivity contribution in [3.63, 3.8) is 0 Å². The molecule has 1 N–H and O–H groups in total. The highest BCUT2D eigenvalue weighted by molar-refractivity contribution is 5.25. The van der Waals surface area contributed by atoms with Crippen LogP contribution >= 0.6 is 0 Å². The molecule has 0 fully saturated rings. The van der Waals surface area contributed by atoms with Gasteiger partial charge in [-0.05, 0) is 12.0 Å². The molecule has 0 saturated carbocycles. The Kier molecular flexibility index (Phi) is 4.91. The van der Waals surface area contributed by atoms with Gasteiger partial charge in [-0.1, -0.05) is 37.3 Å². The minimum Gasteiger partial charge on any atom is -0.311 e. The van der Waals surface area contributed by atoms with Crippen molar-refractivity contribution < 1.29 is 0 Å². The summed E-state index contributed by atoms with van der Waals surface area (Å²) in [4.78, 5) is 0. The second-order valence-corrected chi connectivity index (χ2v) is 4.85. The van der Waals surface area contributed by atoms with Gasteiger partial charge >= 0.3 is 0 Å². The number of hydrogen-bond acceptors (Lipinski definition) is 3. The number of aromatic nitrogens is 2. The van der Waals surface area contributed by atoms with Gasteiger partial charge in [0.2, 0.25) is 0 Å². The van der Waals surface area contributed by atoms with E-state index >= 15 is 0 Å². The Labute approximate surface area is 120 Å². The summed E-state index contributed by atoms with van der Waals surface area (Å²) in [6.45, 7) is 3.51. The van der Waals surface area contributed by atoms with Crippen LogP contribution in [-0.2, 0) is 20.0 Å². The quantitative estimate of drug-likeness (QED) is 0.875. The molecule has 1 aromatic heterocycles. The molecule has 0 aliphatic heterocycles. The van der Waals surface area contributed by atoms with E-state index in [0.717, 1.165) is 24.2 Å². The molecular formula is C16H20N4. The van der Waals surface area contributed by atoms with Crippen LogP contribution in [-0.4, -0.2) is 16.3 Å². The van der Waals surface area contributed by atoms with E-state index < -0.39 is 0 Å². The molecule has 0 spiro atoms. The predicted molar refractivity (Wildman–Crippen MR) is 79.1 cm³/mol. The monoisotopic (exact) mass is 268 g/mol. The number of nitrogens with one attached hydrogen (secondary N) is 1. The summed E-state index contributed by atoms with van der Waals surface area (Å²) in [6.07, 6.45) is 2.97. The number of hydrogen-bond donors (Lipinski definition) is 1. The molecule has 104 valence electrons. The SMILES string of the molecule is CCc1nn(C)cc1CNCC(C#N)c1ccccc1. The van der Waals surface area contributed by atoms with Gasteiger partial charge in [0.05, 0.1) is 17.7 Å². The van der Waals surface area contributed by atoms with E-state index in [2.05, 4.69) is 23.4 Å². The summed E-state index contributed by atoms with van der Waals surface area (Å²) in [5.74, 6) is -0.113.